The summed E-state index contributed by atoms with van der Waals surface area (Å²) in [4.78, 5) is 10.4. The molecule has 0 aliphatic carbocycles. The van der Waals surface area contributed by atoms with Crippen molar-refractivity contribution in [2.75, 3.05) is 11.5 Å². The van der Waals surface area contributed by atoms with E-state index in [0.29, 0.717) is 5.82 Å². The number of thioether (sulfide) groups is 2. The highest BCUT2D eigenvalue weighted by Crippen LogP contribution is 2.33. The monoisotopic (exact) mass is 289 g/mol. The summed E-state index contributed by atoms with van der Waals surface area (Å²) in [6.45, 7) is 2.15. The predicted octanol–water partition coefficient (Wildman–Crippen LogP) is 3.58. The Morgan fingerprint density at radius 1 is 1.21 bits per heavy atom. The summed E-state index contributed by atoms with van der Waals surface area (Å²) in [7, 11) is 0. The highest BCUT2D eigenvalue weighted by molar-refractivity contribution is 7.99. The zero-order valence-electron chi connectivity index (χ0n) is 10.7. The molecule has 19 heavy (non-hydrogen) atoms. The van der Waals surface area contributed by atoms with E-state index in [-0.39, 0.29) is 0 Å². The largest absolute Gasteiger partial charge is 0.383 e. The smallest absolute Gasteiger partial charge is 0.161 e. The number of aromatic nitrogens is 2. The summed E-state index contributed by atoms with van der Waals surface area (Å²) < 4.78 is 0. The van der Waals surface area contributed by atoms with Gasteiger partial charge >= 0.3 is 0 Å². The molecule has 1 aliphatic rings. The molecular formula is C14H15N3S2. The Kier molecular flexibility index (Phi) is 3.66. The lowest BCUT2D eigenvalue weighted by molar-refractivity contribution is 1.08. The van der Waals surface area contributed by atoms with Gasteiger partial charge in [0, 0.05) is 27.5 Å². The lowest BCUT2D eigenvalue weighted by Crippen LogP contribution is -2.02. The fourth-order valence-electron chi connectivity index (χ4n) is 2.07. The van der Waals surface area contributed by atoms with Crippen LogP contribution in [0.15, 0.2) is 29.2 Å². The highest BCUT2D eigenvalue weighted by atomic mass is 32.2. The van der Waals surface area contributed by atoms with Crippen LogP contribution < -0.4 is 5.73 Å². The van der Waals surface area contributed by atoms with Crippen molar-refractivity contribution in [3.8, 4) is 11.4 Å². The SMILES string of the molecule is CCSc1ccc(-c2nc(N)c3c(n2)CSC3)cc1. The molecule has 3 rings (SSSR count). The maximum Gasteiger partial charge on any atom is 0.161 e. The Morgan fingerprint density at radius 3 is 2.74 bits per heavy atom. The van der Waals surface area contributed by atoms with Gasteiger partial charge in [0.2, 0.25) is 0 Å². The van der Waals surface area contributed by atoms with Crippen molar-refractivity contribution in [1.29, 1.82) is 0 Å². The fraction of sp³-hybridized carbons (Fsp3) is 0.286. The molecule has 5 heteroatoms. The van der Waals surface area contributed by atoms with E-state index < -0.39 is 0 Å². The lowest BCUT2D eigenvalue weighted by Gasteiger charge is -2.07. The van der Waals surface area contributed by atoms with Crippen LogP contribution in [0, 0.1) is 0 Å². The van der Waals surface area contributed by atoms with Gasteiger partial charge in [-0.2, -0.15) is 11.8 Å². The van der Waals surface area contributed by atoms with Gasteiger partial charge in [-0.15, -0.1) is 11.8 Å². The third-order valence-electron chi connectivity index (χ3n) is 3.03. The van der Waals surface area contributed by atoms with Crippen LogP contribution in [0.2, 0.25) is 0 Å². The second kappa shape index (κ2) is 5.43. The second-order valence-corrected chi connectivity index (χ2v) is 6.63. The molecule has 0 fully saturated rings. The van der Waals surface area contributed by atoms with Gasteiger partial charge in [0.05, 0.1) is 5.69 Å². The van der Waals surface area contributed by atoms with Crippen molar-refractivity contribution in [2.45, 2.75) is 23.3 Å². The molecule has 0 atom stereocenters. The van der Waals surface area contributed by atoms with Gasteiger partial charge in [-0.3, -0.25) is 0 Å². The highest BCUT2D eigenvalue weighted by Gasteiger charge is 2.18. The van der Waals surface area contributed by atoms with Crippen LogP contribution in [0.4, 0.5) is 5.82 Å². The Hall–Kier alpha value is -1.20. The Bertz CT molecular complexity index is 596. The average molecular weight is 289 g/mol. The number of anilines is 1. The molecule has 98 valence electrons. The Morgan fingerprint density at radius 2 is 2.00 bits per heavy atom. The topological polar surface area (TPSA) is 51.8 Å². The van der Waals surface area contributed by atoms with Crippen molar-refractivity contribution in [3.05, 3.63) is 35.5 Å². The Balaban J connectivity index is 1.96. The quantitative estimate of drug-likeness (QED) is 0.875. The van der Waals surface area contributed by atoms with Gasteiger partial charge in [-0.05, 0) is 17.9 Å². The molecule has 0 saturated heterocycles. The molecule has 0 bridgehead atoms. The van der Waals surface area contributed by atoms with Crippen molar-refractivity contribution >= 4 is 29.3 Å². The number of hydrogen-bond donors (Lipinski definition) is 1. The number of fused-ring (bicyclic) bond motifs is 1. The molecule has 0 unspecified atom stereocenters. The van der Waals surface area contributed by atoms with E-state index in [4.69, 9.17) is 5.73 Å². The van der Waals surface area contributed by atoms with E-state index >= 15 is 0 Å². The van der Waals surface area contributed by atoms with Crippen LogP contribution in [-0.2, 0) is 11.5 Å². The van der Waals surface area contributed by atoms with E-state index in [0.717, 1.165) is 39.9 Å². The van der Waals surface area contributed by atoms with Crippen LogP contribution >= 0.6 is 23.5 Å². The van der Waals surface area contributed by atoms with E-state index in [2.05, 4.69) is 41.2 Å². The predicted molar refractivity (Wildman–Crippen MR) is 83.3 cm³/mol. The summed E-state index contributed by atoms with van der Waals surface area (Å²) in [6, 6.07) is 8.37. The minimum Gasteiger partial charge on any atom is -0.383 e. The van der Waals surface area contributed by atoms with Gasteiger partial charge < -0.3 is 5.73 Å². The van der Waals surface area contributed by atoms with Gasteiger partial charge in [0.25, 0.3) is 0 Å². The van der Waals surface area contributed by atoms with Crippen molar-refractivity contribution < 1.29 is 0 Å². The zero-order valence-corrected chi connectivity index (χ0v) is 12.4. The first-order chi connectivity index (χ1) is 9.28. The van der Waals surface area contributed by atoms with Crippen molar-refractivity contribution in [1.82, 2.24) is 9.97 Å². The van der Waals surface area contributed by atoms with E-state index in [1.54, 1.807) is 0 Å². The number of nitrogens with zero attached hydrogens (tertiary/aromatic N) is 2. The maximum atomic E-state index is 6.02. The second-order valence-electron chi connectivity index (χ2n) is 4.31. The van der Waals surface area contributed by atoms with Gasteiger partial charge in [-0.25, -0.2) is 9.97 Å². The van der Waals surface area contributed by atoms with Crippen LogP contribution in [0.25, 0.3) is 11.4 Å². The third kappa shape index (κ3) is 2.58. The molecule has 2 N–H and O–H groups in total. The van der Waals surface area contributed by atoms with Crippen molar-refractivity contribution in [3.63, 3.8) is 0 Å². The minimum absolute atomic E-state index is 0.636. The molecule has 1 aromatic heterocycles. The number of nitrogens with two attached hydrogens (primary N) is 1. The van der Waals surface area contributed by atoms with E-state index in [1.165, 1.54) is 4.90 Å². The first-order valence-corrected chi connectivity index (χ1v) is 8.38. The number of nitrogen functional groups attached to an aromatic ring is 1. The van der Waals surface area contributed by atoms with Crippen LogP contribution in [0.5, 0.6) is 0 Å². The summed E-state index contributed by atoms with van der Waals surface area (Å²) in [6.07, 6.45) is 0. The normalized spacial score (nSPS) is 13.5. The summed E-state index contributed by atoms with van der Waals surface area (Å²) >= 11 is 3.68. The third-order valence-corrected chi connectivity index (χ3v) is 4.90. The van der Waals surface area contributed by atoms with Crippen LogP contribution in [-0.4, -0.2) is 15.7 Å². The van der Waals surface area contributed by atoms with Gasteiger partial charge in [-0.1, -0.05) is 19.1 Å². The molecule has 0 amide bonds. The van der Waals surface area contributed by atoms with Crippen LogP contribution in [0.1, 0.15) is 18.2 Å². The number of rotatable bonds is 3. The minimum atomic E-state index is 0.636. The molecule has 2 heterocycles. The summed E-state index contributed by atoms with van der Waals surface area (Å²) in [5.74, 6) is 4.34. The molecule has 3 nitrogen and oxygen atoms in total. The maximum absolute atomic E-state index is 6.02. The Labute approximate surface area is 121 Å². The first-order valence-electron chi connectivity index (χ1n) is 6.24. The van der Waals surface area contributed by atoms with Gasteiger partial charge in [0.1, 0.15) is 5.82 Å². The van der Waals surface area contributed by atoms with E-state index in [9.17, 15) is 0 Å². The molecule has 1 aromatic carbocycles. The number of benzene rings is 1. The molecule has 0 radical (unpaired) electrons. The van der Waals surface area contributed by atoms with E-state index in [1.807, 2.05) is 23.5 Å². The molecular weight excluding hydrogens is 274 g/mol. The molecule has 2 aromatic rings. The first kappa shape index (κ1) is 12.8. The lowest BCUT2D eigenvalue weighted by atomic mass is 10.2. The zero-order chi connectivity index (χ0) is 13.2. The summed E-state index contributed by atoms with van der Waals surface area (Å²) in [5.41, 5.74) is 9.27. The molecule has 1 aliphatic heterocycles. The molecule has 0 spiro atoms. The standard InChI is InChI=1S/C14H15N3S2/c1-2-19-10-5-3-9(4-6-10)14-16-12-8-18-7-11(12)13(15)17-14/h3-6H,2,7-8H2,1H3,(H2,15,16,17). The summed E-state index contributed by atoms with van der Waals surface area (Å²) in [5, 5.41) is 0. The average Bonchev–Trinajstić information content (AvgIpc) is 2.89. The number of hydrogen-bond acceptors (Lipinski definition) is 5. The van der Waals surface area contributed by atoms with Crippen LogP contribution in [0.3, 0.4) is 0 Å². The fourth-order valence-corrected chi connectivity index (χ4v) is 3.79. The van der Waals surface area contributed by atoms with Gasteiger partial charge in [0.15, 0.2) is 5.82 Å². The molecule has 0 saturated carbocycles. The van der Waals surface area contributed by atoms with Crippen molar-refractivity contribution in [2.24, 2.45) is 0 Å².